The van der Waals surface area contributed by atoms with Crippen LogP contribution in [0.4, 0.5) is 0 Å². The molecule has 0 aromatic carbocycles. The third-order valence-corrected chi connectivity index (χ3v) is 2.02. The van der Waals surface area contributed by atoms with Crippen LogP contribution in [0.2, 0.25) is 0 Å². The van der Waals surface area contributed by atoms with E-state index in [0.29, 0.717) is 6.42 Å². The number of halogens is 3. The van der Waals surface area contributed by atoms with Gasteiger partial charge in [-0.25, -0.2) is 4.79 Å². The van der Waals surface area contributed by atoms with Gasteiger partial charge in [-0.1, -0.05) is 40.9 Å². The van der Waals surface area contributed by atoms with Crippen LogP contribution in [0.25, 0.3) is 0 Å². The smallest absolute Gasteiger partial charge is 0.359 e. The van der Waals surface area contributed by atoms with E-state index in [1.807, 2.05) is 0 Å². The highest BCUT2D eigenvalue weighted by molar-refractivity contribution is 6.75. The molecule has 13 heavy (non-hydrogen) atoms. The fraction of sp³-hybridized carbons (Fsp3) is 0.625. The van der Waals surface area contributed by atoms with Gasteiger partial charge in [-0.3, -0.25) is 0 Å². The summed E-state index contributed by atoms with van der Waals surface area (Å²) < 4.78 is 10.4. The first kappa shape index (κ1) is 9.63. The summed E-state index contributed by atoms with van der Waals surface area (Å²) in [6.45, 7) is 0. The highest BCUT2D eigenvalue weighted by Gasteiger charge is 2.34. The molecular weight excluding hydrogens is 234 g/mol. The number of hydrogen-bond donors (Lipinski definition) is 0. The molecule has 1 aliphatic carbocycles. The van der Waals surface area contributed by atoms with Crippen LogP contribution in [0.3, 0.4) is 0 Å². The summed E-state index contributed by atoms with van der Waals surface area (Å²) in [6.07, 6.45) is 4.00. The molecule has 0 aromatic heterocycles. The molecule has 0 bridgehead atoms. The monoisotopic (exact) mass is 243 g/mol. The molecular formula is C8H9Cl3O2. The Morgan fingerprint density at radius 2 is 2.31 bits per heavy atom. The first-order valence-electron chi connectivity index (χ1n) is 4.31. The van der Waals surface area contributed by atoms with Crippen molar-refractivity contribution in [1.82, 2.24) is 0 Å². The second kappa shape index (κ2) is 4.54. The maximum absolute atomic E-state index is 11.2. The zero-order valence-corrected chi connectivity index (χ0v) is 8.99. The van der Waals surface area contributed by atoms with E-state index >= 15 is 0 Å². The molecule has 0 saturated heterocycles. The summed E-state index contributed by atoms with van der Waals surface area (Å²) in [5.41, 5.74) is 0. The lowest BCUT2D eigenvalue weighted by molar-refractivity contribution is -0.146. The number of hydrogen-bond acceptors (Lipinski definition) is 2. The van der Waals surface area contributed by atoms with Gasteiger partial charge in [-0.15, -0.1) is 0 Å². The van der Waals surface area contributed by atoms with Crippen molar-refractivity contribution in [3.05, 3.63) is 12.2 Å². The lowest BCUT2D eigenvalue weighted by Crippen LogP contribution is -2.27. The van der Waals surface area contributed by atoms with Crippen molar-refractivity contribution in [1.29, 1.82) is 0 Å². The number of esters is 1. The fourth-order valence-electron chi connectivity index (χ4n) is 0.954. The van der Waals surface area contributed by atoms with Gasteiger partial charge < -0.3 is 4.74 Å². The Bertz CT molecular complexity index is 262. The number of carbonyl (C=O) groups is 1. The Morgan fingerprint density at radius 3 is 2.77 bits per heavy atom. The molecule has 0 spiro atoms. The molecule has 1 unspecified atom stereocenters. The first-order chi connectivity index (χ1) is 6.33. The molecule has 0 fully saturated rings. The largest absolute Gasteiger partial charge is 0.455 e. The molecule has 5 heteroatoms. The van der Waals surface area contributed by atoms with Crippen LogP contribution >= 0.6 is 34.8 Å². The van der Waals surface area contributed by atoms with E-state index in [-0.39, 0.29) is 0 Å². The second-order valence-electron chi connectivity index (χ2n) is 2.65. The Hall–Kier alpha value is 0.0800. The molecule has 0 N–H and O–H groups in total. The first-order valence-corrected chi connectivity index (χ1v) is 4.95. The number of allylic oxidation sites excluding steroid dienone is 1. The predicted octanol–water partition coefficient (Wildman–Crippen LogP) is 3.01. The van der Waals surface area contributed by atoms with Crippen LogP contribution in [0.1, 0.15) is 20.6 Å². The van der Waals surface area contributed by atoms with E-state index < -0.39 is 15.8 Å². The summed E-state index contributed by atoms with van der Waals surface area (Å²) in [5, 5.41) is 0. The van der Waals surface area contributed by atoms with Gasteiger partial charge in [0.25, 0.3) is 3.79 Å². The molecule has 0 saturated carbocycles. The Labute approximate surface area is 93.2 Å². The summed E-state index contributed by atoms with van der Waals surface area (Å²) in [6, 6.07) is 0. The standard InChI is InChI=1S/C8H9Cl3O2/c9-8(10,11)7(12)13-6-4-2-1-3-5-6/h2,4,6H,1,3,5H2/i6D. The van der Waals surface area contributed by atoms with Crippen molar-refractivity contribution in [3.8, 4) is 0 Å². The second-order valence-corrected chi connectivity index (χ2v) is 4.93. The average Bonchev–Trinajstić information content (AvgIpc) is 2.02. The topological polar surface area (TPSA) is 26.3 Å². The van der Waals surface area contributed by atoms with E-state index in [9.17, 15) is 4.79 Å². The van der Waals surface area contributed by atoms with E-state index in [1.54, 1.807) is 6.08 Å². The van der Waals surface area contributed by atoms with Gasteiger partial charge in [0.2, 0.25) is 0 Å². The number of alkyl halides is 3. The van der Waals surface area contributed by atoms with E-state index in [1.165, 1.54) is 6.08 Å². The van der Waals surface area contributed by atoms with Crippen LogP contribution in [-0.2, 0) is 9.53 Å². The minimum atomic E-state index is -2.11. The van der Waals surface area contributed by atoms with Crippen molar-refractivity contribution in [2.75, 3.05) is 0 Å². The maximum Gasteiger partial charge on any atom is 0.359 e. The molecule has 0 aliphatic heterocycles. The van der Waals surface area contributed by atoms with Crippen LogP contribution in [0.15, 0.2) is 12.2 Å². The van der Waals surface area contributed by atoms with Gasteiger partial charge in [-0.05, 0) is 25.3 Å². The average molecular weight is 245 g/mol. The quantitative estimate of drug-likeness (QED) is 0.403. The molecule has 0 aromatic rings. The van der Waals surface area contributed by atoms with Crippen LogP contribution in [0, 0.1) is 0 Å². The molecule has 0 radical (unpaired) electrons. The van der Waals surface area contributed by atoms with Gasteiger partial charge in [-0.2, -0.15) is 0 Å². The molecule has 2 nitrogen and oxygen atoms in total. The van der Waals surface area contributed by atoms with Crippen molar-refractivity contribution in [2.24, 2.45) is 0 Å². The third-order valence-electron chi connectivity index (χ3n) is 1.55. The van der Waals surface area contributed by atoms with E-state index in [4.69, 9.17) is 40.9 Å². The Balaban J connectivity index is 2.63. The van der Waals surface area contributed by atoms with Crippen LogP contribution in [0.5, 0.6) is 0 Å². The number of carbonyl (C=O) groups excluding carboxylic acids is 1. The lowest BCUT2D eigenvalue weighted by Gasteiger charge is -2.19. The van der Waals surface area contributed by atoms with Gasteiger partial charge in [0.05, 0.1) is 1.37 Å². The molecule has 0 amide bonds. The molecule has 74 valence electrons. The highest BCUT2D eigenvalue weighted by atomic mass is 35.6. The minimum absolute atomic E-state index is 0.427. The van der Waals surface area contributed by atoms with E-state index in [0.717, 1.165) is 12.8 Å². The molecule has 0 heterocycles. The van der Waals surface area contributed by atoms with Crippen molar-refractivity contribution >= 4 is 40.8 Å². The van der Waals surface area contributed by atoms with Crippen molar-refractivity contribution in [3.63, 3.8) is 0 Å². The fourth-order valence-corrected chi connectivity index (χ4v) is 1.07. The minimum Gasteiger partial charge on any atom is -0.455 e. The third kappa shape index (κ3) is 3.75. The van der Waals surface area contributed by atoms with Crippen molar-refractivity contribution in [2.45, 2.75) is 29.1 Å². The summed E-state index contributed by atoms with van der Waals surface area (Å²) in [7, 11) is 0. The van der Waals surface area contributed by atoms with Crippen LogP contribution in [-0.4, -0.2) is 15.8 Å². The Morgan fingerprint density at radius 1 is 1.62 bits per heavy atom. The van der Waals surface area contributed by atoms with Gasteiger partial charge in [0, 0.05) is 0 Å². The SMILES string of the molecule is [2H]C1(OC(=O)C(Cl)(Cl)Cl)C=CCCC1. The van der Waals surface area contributed by atoms with Crippen LogP contribution < -0.4 is 0 Å². The summed E-state index contributed by atoms with van der Waals surface area (Å²) in [4.78, 5) is 11.2. The van der Waals surface area contributed by atoms with Gasteiger partial charge in [0.1, 0.15) is 6.08 Å². The predicted molar refractivity (Wildman–Crippen MR) is 53.2 cm³/mol. The van der Waals surface area contributed by atoms with Crippen molar-refractivity contribution < 1.29 is 10.9 Å². The highest BCUT2D eigenvalue weighted by Crippen LogP contribution is 2.29. The zero-order chi connectivity index (χ0) is 10.8. The normalized spacial score (nSPS) is 29.6. The number of ether oxygens (including phenoxy) is 1. The summed E-state index contributed by atoms with van der Waals surface area (Å²) in [5.74, 6) is -1.01. The molecule has 1 rings (SSSR count). The lowest BCUT2D eigenvalue weighted by atomic mass is 10.1. The Kier molecular flexibility index (Phi) is 3.36. The zero-order valence-electron chi connectivity index (χ0n) is 7.73. The maximum atomic E-state index is 11.2. The summed E-state index contributed by atoms with van der Waals surface area (Å²) >= 11 is 15.9. The van der Waals surface area contributed by atoms with E-state index in [2.05, 4.69) is 0 Å². The van der Waals surface area contributed by atoms with Gasteiger partial charge >= 0.3 is 5.97 Å². The molecule has 1 atom stereocenters. The number of rotatable bonds is 1. The van der Waals surface area contributed by atoms with Gasteiger partial charge in [0.15, 0.2) is 0 Å². The molecule has 1 aliphatic rings.